The molecule has 0 aromatic rings. The predicted molar refractivity (Wildman–Crippen MR) is 364 cm³/mol. The van der Waals surface area contributed by atoms with Crippen LogP contribution >= 0.6 is 0 Å². The summed E-state index contributed by atoms with van der Waals surface area (Å²) in [4.78, 5) is 58.3. The number of nitrogens with one attached hydrogen (secondary N) is 2. The van der Waals surface area contributed by atoms with Crippen LogP contribution in [0, 0.1) is 0 Å². The van der Waals surface area contributed by atoms with E-state index in [9.17, 15) is 32.3 Å². The molecule has 0 aliphatic carbocycles. The summed E-state index contributed by atoms with van der Waals surface area (Å²) >= 11 is 0. The number of hydrogen-bond donors (Lipinski definition) is 3. The summed E-state index contributed by atoms with van der Waals surface area (Å²) in [5, 5.41) is 12.9. The van der Waals surface area contributed by atoms with Crippen LogP contribution in [0.2, 0.25) is 0 Å². The van der Waals surface area contributed by atoms with Gasteiger partial charge in [-0.2, -0.15) is 13.2 Å². The van der Waals surface area contributed by atoms with Crippen LogP contribution in [0.15, 0.2) is 0 Å². The van der Waals surface area contributed by atoms with Crippen molar-refractivity contribution in [3.63, 3.8) is 0 Å². The molecule has 1 atom stereocenters. The van der Waals surface area contributed by atoms with E-state index in [4.69, 9.17) is 62.0 Å². The SMILES string of the molecule is CCCCCCCCC(CCCCCCCC)OC(=O)CCCCCCCOCC(COCCOCCOCCOCCOC(=O)CNCCOC(=O)CNCCOC)OCCCCCCCC(=O)OC(CCCCCCCC)CCCCCCCC.O=C(O)C(F)(F)F. The number of esters is 4. The van der Waals surface area contributed by atoms with E-state index in [0.717, 1.165) is 116 Å². The van der Waals surface area contributed by atoms with Crippen molar-refractivity contribution in [2.24, 2.45) is 0 Å². The Balaban J connectivity index is 0. The van der Waals surface area contributed by atoms with E-state index in [1.807, 2.05) is 0 Å². The van der Waals surface area contributed by atoms with E-state index in [0.29, 0.717) is 98.6 Å². The summed E-state index contributed by atoms with van der Waals surface area (Å²) in [5.74, 6) is -3.59. The number of rotatable bonds is 73. The molecule has 0 rings (SSSR count). The number of carboxylic acids is 1. The minimum absolute atomic E-state index is 0.00692. The first-order valence-corrected chi connectivity index (χ1v) is 37.1. The van der Waals surface area contributed by atoms with Crippen molar-refractivity contribution in [3.8, 4) is 0 Å². The van der Waals surface area contributed by atoms with E-state index in [-0.39, 0.29) is 69.1 Å². The zero-order chi connectivity index (χ0) is 69.3. The van der Waals surface area contributed by atoms with Gasteiger partial charge in [0.25, 0.3) is 0 Å². The van der Waals surface area contributed by atoms with Gasteiger partial charge in [-0.1, -0.05) is 195 Å². The first-order chi connectivity index (χ1) is 45.7. The quantitative estimate of drug-likeness (QED) is 0.0292. The highest BCUT2D eigenvalue weighted by Crippen LogP contribution is 2.21. The fraction of sp³-hybridized carbons (Fsp3) is 0.931. The largest absolute Gasteiger partial charge is 0.490 e. The Morgan fingerprint density at radius 3 is 1.04 bits per heavy atom. The van der Waals surface area contributed by atoms with Crippen molar-refractivity contribution in [2.75, 3.05) is 126 Å². The molecule has 558 valence electrons. The van der Waals surface area contributed by atoms with Gasteiger partial charge in [-0.3, -0.25) is 19.2 Å². The lowest BCUT2D eigenvalue weighted by atomic mass is 10.0. The Morgan fingerprint density at radius 1 is 0.351 bits per heavy atom. The van der Waals surface area contributed by atoms with Crippen molar-refractivity contribution in [1.82, 2.24) is 10.6 Å². The smallest absolute Gasteiger partial charge is 0.475 e. The van der Waals surface area contributed by atoms with E-state index in [1.165, 1.54) is 128 Å². The topological polar surface area (TPSA) is 231 Å². The first-order valence-electron chi connectivity index (χ1n) is 37.1. The zero-order valence-corrected chi connectivity index (χ0v) is 59.9. The van der Waals surface area contributed by atoms with Gasteiger partial charge in [-0.05, 0) is 77.0 Å². The average Bonchev–Trinajstić information content (AvgIpc) is 3.40. The maximum Gasteiger partial charge on any atom is 0.490 e. The maximum atomic E-state index is 12.9. The highest BCUT2D eigenvalue weighted by Gasteiger charge is 2.38. The van der Waals surface area contributed by atoms with Gasteiger partial charge in [0.2, 0.25) is 0 Å². The highest BCUT2D eigenvalue weighted by atomic mass is 19.4. The van der Waals surface area contributed by atoms with Crippen LogP contribution in [0.3, 0.4) is 0 Å². The minimum atomic E-state index is -5.08. The van der Waals surface area contributed by atoms with Gasteiger partial charge >= 0.3 is 36.0 Å². The maximum absolute atomic E-state index is 12.9. The number of alkyl halides is 3. The Bertz CT molecular complexity index is 1630. The van der Waals surface area contributed by atoms with Gasteiger partial charge in [0.1, 0.15) is 31.5 Å². The Kier molecular flexibility index (Phi) is 73.1. The molecule has 0 fully saturated rings. The third-order valence-corrected chi connectivity index (χ3v) is 15.7. The Labute approximate surface area is 567 Å². The van der Waals surface area contributed by atoms with Crippen LogP contribution < -0.4 is 10.6 Å². The van der Waals surface area contributed by atoms with Crippen molar-refractivity contribution in [1.29, 1.82) is 0 Å². The molecule has 94 heavy (non-hydrogen) atoms. The molecule has 19 nitrogen and oxygen atoms in total. The lowest BCUT2D eigenvalue weighted by Gasteiger charge is -2.19. The molecule has 0 bridgehead atoms. The molecule has 0 radical (unpaired) electrons. The standard InChI is InChI=1S/C70H136N2O15.C2HF3O2/c1-6-10-14-18-24-32-40-64(41-33-25-19-15-11-7-2)86-67(73)44-36-28-22-30-38-48-81-62-66(83-49-39-31-23-29-37-45-68(74)87-65(42-34-26-20-16-12-8-3)43-35-27-21-17-13-9-4)63-82-57-56-79-53-52-78-54-55-80-58-59-85-70(76)61-72-47-51-84-69(75)60-71-46-50-77-5;3-2(4,5)1(6)7/h64-66,71-72H,6-63H2,1-5H3;(H,6,7). The fourth-order valence-corrected chi connectivity index (χ4v) is 10.1. The lowest BCUT2D eigenvalue weighted by molar-refractivity contribution is -0.192. The van der Waals surface area contributed by atoms with Crippen molar-refractivity contribution >= 4 is 29.8 Å². The molecule has 1 unspecified atom stereocenters. The molecule has 0 aromatic heterocycles. The van der Waals surface area contributed by atoms with Crippen LogP contribution in [0.25, 0.3) is 0 Å². The van der Waals surface area contributed by atoms with Gasteiger partial charge < -0.3 is 67.8 Å². The number of aliphatic carboxylic acids is 1. The van der Waals surface area contributed by atoms with E-state index in [2.05, 4.69) is 38.3 Å². The Hall–Kier alpha value is -3.22. The average molecular weight is 1360 g/mol. The third-order valence-electron chi connectivity index (χ3n) is 15.7. The van der Waals surface area contributed by atoms with Crippen molar-refractivity contribution < 1.29 is 94.4 Å². The Morgan fingerprint density at radius 2 is 0.660 bits per heavy atom. The molecule has 0 heterocycles. The van der Waals surface area contributed by atoms with Gasteiger partial charge in [-0.15, -0.1) is 0 Å². The number of halogens is 3. The number of carbonyl (C=O) groups excluding carboxylic acids is 4. The van der Waals surface area contributed by atoms with Crippen LogP contribution in [-0.4, -0.2) is 185 Å². The summed E-state index contributed by atoms with van der Waals surface area (Å²) in [6.07, 6.45) is 39.9. The summed E-state index contributed by atoms with van der Waals surface area (Å²) in [5.41, 5.74) is 0. The third kappa shape index (κ3) is 73.0. The number of hydrogen-bond acceptors (Lipinski definition) is 18. The molecule has 0 aliphatic rings. The molecule has 22 heteroatoms. The van der Waals surface area contributed by atoms with Crippen LogP contribution in [-0.2, 0) is 76.1 Å². The molecule has 0 aliphatic heterocycles. The summed E-state index contributed by atoms with van der Waals surface area (Å²) in [6, 6.07) is 0. The summed E-state index contributed by atoms with van der Waals surface area (Å²) < 4.78 is 94.3. The highest BCUT2D eigenvalue weighted by molar-refractivity contribution is 5.73. The predicted octanol–water partition coefficient (Wildman–Crippen LogP) is 15.5. The van der Waals surface area contributed by atoms with Gasteiger partial charge in [-0.25, -0.2) is 4.79 Å². The minimum Gasteiger partial charge on any atom is -0.475 e. The number of ether oxygens (including phenoxy) is 11. The van der Waals surface area contributed by atoms with Gasteiger partial charge in [0.15, 0.2) is 0 Å². The lowest BCUT2D eigenvalue weighted by Crippen LogP contribution is -2.31. The second-order valence-corrected chi connectivity index (χ2v) is 24.6. The molecule has 0 aromatic carbocycles. The monoisotopic (exact) mass is 1360 g/mol. The second-order valence-electron chi connectivity index (χ2n) is 24.6. The van der Waals surface area contributed by atoms with Crippen molar-refractivity contribution in [3.05, 3.63) is 0 Å². The molecule has 0 saturated carbocycles. The molecule has 0 spiro atoms. The summed E-state index contributed by atoms with van der Waals surface area (Å²) in [7, 11) is 1.59. The number of carboxylic acid groups (broad SMARTS) is 1. The zero-order valence-electron chi connectivity index (χ0n) is 59.9. The van der Waals surface area contributed by atoms with E-state index < -0.39 is 18.1 Å². The van der Waals surface area contributed by atoms with Crippen LogP contribution in [0.4, 0.5) is 13.2 Å². The number of carbonyl (C=O) groups is 5. The number of unbranched alkanes of at least 4 members (excludes halogenated alkanes) is 28. The molecular weight excluding hydrogens is 1220 g/mol. The summed E-state index contributed by atoms with van der Waals surface area (Å²) in [6.45, 7) is 15.6. The molecular formula is C72H137F3N2O17. The van der Waals surface area contributed by atoms with Crippen LogP contribution in [0.5, 0.6) is 0 Å². The van der Waals surface area contributed by atoms with Crippen molar-refractivity contribution in [2.45, 2.75) is 309 Å². The number of methoxy groups -OCH3 is 1. The van der Waals surface area contributed by atoms with Gasteiger partial charge in [0.05, 0.1) is 79.2 Å². The normalized spacial score (nSPS) is 11.9. The van der Waals surface area contributed by atoms with E-state index in [1.54, 1.807) is 7.11 Å². The molecule has 3 N–H and O–H groups in total. The molecule has 0 saturated heterocycles. The second kappa shape index (κ2) is 74.0. The van der Waals surface area contributed by atoms with E-state index >= 15 is 0 Å². The molecule has 0 amide bonds. The van der Waals surface area contributed by atoms with Crippen LogP contribution in [0.1, 0.15) is 285 Å². The first kappa shape index (κ1) is 92.8. The van der Waals surface area contributed by atoms with Gasteiger partial charge in [0, 0.05) is 46.3 Å². The fourth-order valence-electron chi connectivity index (χ4n) is 10.1.